The van der Waals surface area contributed by atoms with E-state index in [2.05, 4.69) is 76.3 Å². The minimum absolute atomic E-state index is 0.0257. The summed E-state index contributed by atoms with van der Waals surface area (Å²) in [7, 11) is 0. The maximum Gasteiger partial charge on any atom is 0.323 e. The summed E-state index contributed by atoms with van der Waals surface area (Å²) in [5, 5.41) is 3.14. The Hall–Kier alpha value is -1.94. The highest BCUT2D eigenvalue weighted by Gasteiger charge is 2.31. The van der Waals surface area contributed by atoms with Crippen molar-refractivity contribution in [1.29, 1.82) is 0 Å². The van der Waals surface area contributed by atoms with Crippen LogP contribution in [-0.2, 0) is 5.41 Å². The summed E-state index contributed by atoms with van der Waals surface area (Å²) < 4.78 is 0. The zero-order valence-corrected chi connectivity index (χ0v) is 17.8. The van der Waals surface area contributed by atoms with E-state index in [0.717, 1.165) is 18.0 Å². The Labute approximate surface area is 167 Å². The van der Waals surface area contributed by atoms with E-state index >= 15 is 0 Å². The van der Waals surface area contributed by atoms with Crippen molar-refractivity contribution in [2.24, 2.45) is 0 Å². The van der Waals surface area contributed by atoms with Crippen LogP contribution in [0.4, 0.5) is 10.5 Å². The van der Waals surface area contributed by atoms with Crippen LogP contribution in [0.25, 0.3) is 0 Å². The van der Waals surface area contributed by atoms with Crippen molar-refractivity contribution < 1.29 is 4.79 Å². The number of urea groups is 1. The van der Waals surface area contributed by atoms with Gasteiger partial charge < -0.3 is 10.2 Å². The predicted octanol–water partition coefficient (Wildman–Crippen LogP) is 6.39. The second-order valence-corrected chi connectivity index (χ2v) is 9.68. The summed E-state index contributed by atoms with van der Waals surface area (Å²) in [6.45, 7) is 11.8. The highest BCUT2D eigenvalue weighted by molar-refractivity contribution is 7.99. The number of nitrogens with one attached hydrogen (secondary N) is 1. The molecule has 1 fully saturated rings. The molecule has 2 amide bonds. The van der Waals surface area contributed by atoms with E-state index in [9.17, 15) is 4.79 Å². The molecule has 0 radical (unpaired) electrons. The Morgan fingerprint density at radius 2 is 1.70 bits per heavy atom. The van der Waals surface area contributed by atoms with Crippen molar-refractivity contribution >= 4 is 23.5 Å². The number of anilines is 1. The first-order valence-electron chi connectivity index (χ1n) is 9.65. The van der Waals surface area contributed by atoms with Crippen LogP contribution in [-0.4, -0.2) is 23.2 Å². The van der Waals surface area contributed by atoms with Gasteiger partial charge in [-0.1, -0.05) is 71.0 Å². The van der Waals surface area contributed by atoms with E-state index in [1.165, 1.54) is 16.7 Å². The van der Waals surface area contributed by atoms with Gasteiger partial charge in [-0.2, -0.15) is 0 Å². The molecule has 2 aromatic rings. The molecule has 0 aliphatic carbocycles. The molecule has 2 aromatic carbocycles. The summed E-state index contributed by atoms with van der Waals surface area (Å²) in [5.74, 6) is 1.45. The van der Waals surface area contributed by atoms with Gasteiger partial charge >= 0.3 is 6.03 Å². The Bertz CT molecular complexity index is 776. The van der Waals surface area contributed by atoms with Gasteiger partial charge in [0.05, 0.1) is 0 Å². The Morgan fingerprint density at radius 1 is 1.07 bits per heavy atom. The molecule has 0 spiro atoms. The highest BCUT2D eigenvalue weighted by atomic mass is 32.2. The van der Waals surface area contributed by atoms with Crippen molar-refractivity contribution in [2.45, 2.75) is 51.3 Å². The van der Waals surface area contributed by atoms with Crippen LogP contribution in [0.5, 0.6) is 0 Å². The van der Waals surface area contributed by atoms with Crippen molar-refractivity contribution in [3.63, 3.8) is 0 Å². The molecule has 1 aliphatic rings. The molecule has 144 valence electrons. The molecule has 1 saturated heterocycles. The van der Waals surface area contributed by atoms with E-state index in [0.29, 0.717) is 5.92 Å². The number of nitrogens with zero attached hydrogens (tertiary/aromatic N) is 1. The summed E-state index contributed by atoms with van der Waals surface area (Å²) in [6.07, 6.45) is 0. The second-order valence-electron chi connectivity index (χ2n) is 8.50. The zero-order chi connectivity index (χ0) is 19.6. The molecule has 1 N–H and O–H groups in total. The van der Waals surface area contributed by atoms with E-state index in [-0.39, 0.29) is 16.8 Å². The molecular weight excluding hydrogens is 352 g/mol. The number of thioether (sulfide) groups is 1. The Kier molecular flexibility index (Phi) is 5.85. The zero-order valence-electron chi connectivity index (χ0n) is 17.0. The monoisotopic (exact) mass is 382 g/mol. The molecule has 1 unspecified atom stereocenters. The third kappa shape index (κ3) is 4.67. The SMILES string of the molecule is CC(C)c1ccc(NC(=O)N2CCSC2c2ccc(C(C)(C)C)cc2)cc1. The van der Waals surface area contributed by atoms with Crippen LogP contribution in [0.2, 0.25) is 0 Å². The average molecular weight is 383 g/mol. The normalized spacial score (nSPS) is 17.4. The van der Waals surface area contributed by atoms with E-state index in [4.69, 9.17) is 0 Å². The molecule has 3 nitrogen and oxygen atoms in total. The number of hydrogen-bond acceptors (Lipinski definition) is 2. The van der Waals surface area contributed by atoms with Crippen LogP contribution in [0, 0.1) is 0 Å². The lowest BCUT2D eigenvalue weighted by Crippen LogP contribution is -2.34. The fourth-order valence-electron chi connectivity index (χ4n) is 3.25. The van der Waals surface area contributed by atoms with Crippen molar-refractivity contribution in [3.8, 4) is 0 Å². The van der Waals surface area contributed by atoms with Crippen LogP contribution in [0.1, 0.15) is 62.6 Å². The summed E-state index contributed by atoms with van der Waals surface area (Å²) in [6, 6.07) is 16.8. The van der Waals surface area contributed by atoms with Gasteiger partial charge in [0.2, 0.25) is 0 Å². The third-order valence-electron chi connectivity index (χ3n) is 5.04. The van der Waals surface area contributed by atoms with Gasteiger partial charge in [-0.3, -0.25) is 0 Å². The summed E-state index contributed by atoms with van der Waals surface area (Å²) in [4.78, 5) is 14.8. The first kappa shape index (κ1) is 19.8. The van der Waals surface area contributed by atoms with Gasteiger partial charge in [0.1, 0.15) is 5.37 Å². The van der Waals surface area contributed by atoms with Gasteiger partial charge in [0.25, 0.3) is 0 Å². The molecule has 3 rings (SSSR count). The number of amides is 2. The van der Waals surface area contributed by atoms with Gasteiger partial charge in [-0.15, -0.1) is 11.8 Å². The number of rotatable bonds is 3. The minimum atomic E-state index is -0.0257. The van der Waals surface area contributed by atoms with Gasteiger partial charge in [-0.05, 0) is 40.2 Å². The average Bonchev–Trinajstić information content (AvgIpc) is 3.11. The largest absolute Gasteiger partial charge is 0.323 e. The molecule has 4 heteroatoms. The first-order valence-corrected chi connectivity index (χ1v) is 10.7. The van der Waals surface area contributed by atoms with Gasteiger partial charge in [0, 0.05) is 18.0 Å². The number of hydrogen-bond donors (Lipinski definition) is 1. The maximum absolute atomic E-state index is 12.8. The molecule has 0 aromatic heterocycles. The van der Waals surface area contributed by atoms with Crippen LogP contribution in [0.15, 0.2) is 48.5 Å². The molecule has 0 bridgehead atoms. The smallest absolute Gasteiger partial charge is 0.308 e. The Balaban J connectivity index is 1.71. The van der Waals surface area contributed by atoms with Crippen molar-refractivity contribution in [3.05, 3.63) is 65.2 Å². The van der Waals surface area contributed by atoms with E-state index < -0.39 is 0 Å². The lowest BCUT2D eigenvalue weighted by atomic mass is 9.87. The standard InChI is InChI=1S/C23H30N2OS/c1-16(2)17-8-12-20(13-9-17)24-22(26)25-14-15-27-21(25)18-6-10-19(11-7-18)23(3,4)5/h6-13,16,21H,14-15H2,1-5H3,(H,24,26). The lowest BCUT2D eigenvalue weighted by Gasteiger charge is -2.25. The molecular formula is C23H30N2OS. The number of benzene rings is 2. The summed E-state index contributed by atoms with van der Waals surface area (Å²) in [5.41, 5.74) is 4.77. The topological polar surface area (TPSA) is 32.3 Å². The maximum atomic E-state index is 12.8. The van der Waals surface area contributed by atoms with Crippen LogP contribution in [0.3, 0.4) is 0 Å². The fraction of sp³-hybridized carbons (Fsp3) is 0.435. The van der Waals surface area contributed by atoms with E-state index in [1.54, 1.807) is 0 Å². The molecule has 1 aliphatic heterocycles. The molecule has 27 heavy (non-hydrogen) atoms. The highest BCUT2D eigenvalue weighted by Crippen LogP contribution is 2.39. The van der Waals surface area contributed by atoms with Gasteiger partial charge in [-0.25, -0.2) is 4.79 Å². The van der Waals surface area contributed by atoms with Crippen molar-refractivity contribution in [2.75, 3.05) is 17.6 Å². The number of carbonyl (C=O) groups is 1. The third-order valence-corrected chi connectivity index (χ3v) is 6.30. The van der Waals surface area contributed by atoms with Crippen LogP contribution >= 0.6 is 11.8 Å². The second kappa shape index (κ2) is 7.97. The quantitative estimate of drug-likeness (QED) is 0.667. The predicted molar refractivity (Wildman–Crippen MR) is 117 cm³/mol. The summed E-state index contributed by atoms with van der Waals surface area (Å²) >= 11 is 1.83. The van der Waals surface area contributed by atoms with E-state index in [1.807, 2.05) is 28.8 Å². The fourth-order valence-corrected chi connectivity index (χ4v) is 4.50. The van der Waals surface area contributed by atoms with Gasteiger partial charge in [0.15, 0.2) is 0 Å². The van der Waals surface area contributed by atoms with Crippen LogP contribution < -0.4 is 5.32 Å². The molecule has 1 atom stereocenters. The minimum Gasteiger partial charge on any atom is -0.308 e. The Morgan fingerprint density at radius 3 is 2.26 bits per heavy atom. The lowest BCUT2D eigenvalue weighted by molar-refractivity contribution is 0.214. The first-order chi connectivity index (χ1) is 12.8. The number of carbonyl (C=O) groups excluding carboxylic acids is 1. The molecule has 1 heterocycles. The molecule has 0 saturated carbocycles. The van der Waals surface area contributed by atoms with Crippen molar-refractivity contribution in [1.82, 2.24) is 4.90 Å².